The molecule has 0 aromatic rings. The summed E-state index contributed by atoms with van der Waals surface area (Å²) in [6, 6.07) is 0.0389. The van der Waals surface area contributed by atoms with Crippen LogP contribution in [-0.2, 0) is 4.74 Å². The summed E-state index contributed by atoms with van der Waals surface area (Å²) < 4.78 is 5.15. The van der Waals surface area contributed by atoms with E-state index < -0.39 is 0 Å². The predicted molar refractivity (Wildman–Crippen MR) is 51.7 cm³/mol. The molecule has 0 spiro atoms. The van der Waals surface area contributed by atoms with Crippen molar-refractivity contribution in [1.29, 1.82) is 0 Å². The Morgan fingerprint density at radius 2 is 2.15 bits per heavy atom. The third-order valence-corrected chi connectivity index (χ3v) is 1.96. The fourth-order valence-corrected chi connectivity index (χ4v) is 1.17. The topological polar surface area (TPSA) is 41.6 Å². The molecule has 0 aromatic heterocycles. The van der Waals surface area contributed by atoms with Crippen LogP contribution in [-0.4, -0.2) is 43.8 Å². The molecular weight excluding hydrogens is 168 g/mol. The molecule has 4 nitrogen and oxygen atoms in total. The van der Waals surface area contributed by atoms with Gasteiger partial charge in [-0.2, -0.15) is 0 Å². The van der Waals surface area contributed by atoms with Crippen LogP contribution in [0.3, 0.4) is 0 Å². The Balaban J connectivity index is 0.00000169. The van der Waals surface area contributed by atoms with Crippen LogP contribution in [0.2, 0.25) is 0 Å². The van der Waals surface area contributed by atoms with Gasteiger partial charge in [-0.15, -0.1) is 0 Å². The summed E-state index contributed by atoms with van der Waals surface area (Å²) in [5.41, 5.74) is 0. The van der Waals surface area contributed by atoms with Crippen LogP contribution in [0.4, 0.5) is 4.79 Å². The molecule has 1 N–H and O–H groups in total. The van der Waals surface area contributed by atoms with Crippen LogP contribution in [0.25, 0.3) is 0 Å². The average molecular weight is 187 g/mol. The Labute approximate surface area is 80.7 Å². The quantitative estimate of drug-likeness (QED) is 0.694. The van der Waals surface area contributed by atoms with E-state index in [1.807, 2.05) is 0 Å². The van der Waals surface area contributed by atoms with Gasteiger partial charge in [0.15, 0.2) is 0 Å². The number of nitrogens with zero attached hydrogens (tertiary/aromatic N) is 1. The molecule has 13 heavy (non-hydrogen) atoms. The minimum Gasteiger partial charge on any atom is -0.378 e. The number of amides is 2. The van der Waals surface area contributed by atoms with Crippen molar-refractivity contribution in [1.82, 2.24) is 10.2 Å². The Morgan fingerprint density at radius 3 is 2.69 bits per heavy atom. The summed E-state index contributed by atoms with van der Waals surface area (Å²) in [6.45, 7) is 7.66. The van der Waals surface area contributed by atoms with Gasteiger partial charge in [0, 0.05) is 19.6 Å². The SMILES string of the molecule is CC(C)CNC(=O)N1CCOCC1.[H+]. The Bertz CT molecular complexity index is 170. The van der Waals surface area contributed by atoms with E-state index in [9.17, 15) is 4.79 Å². The minimum absolute atomic E-state index is 0. The zero-order valence-corrected chi connectivity index (χ0v) is 8.38. The second-order valence-electron chi connectivity index (χ2n) is 3.68. The number of nitrogens with one attached hydrogen (secondary N) is 1. The summed E-state index contributed by atoms with van der Waals surface area (Å²) in [6.07, 6.45) is 0. The number of carbonyl (C=O) groups excluding carboxylic acids is 1. The van der Waals surface area contributed by atoms with Crippen LogP contribution >= 0.6 is 0 Å². The number of carbonyl (C=O) groups is 1. The van der Waals surface area contributed by atoms with Gasteiger partial charge < -0.3 is 15.0 Å². The van der Waals surface area contributed by atoms with Gasteiger partial charge in [0.2, 0.25) is 0 Å². The number of urea groups is 1. The molecule has 4 heteroatoms. The number of morpholine rings is 1. The molecule has 0 saturated carbocycles. The normalized spacial score (nSPS) is 17.6. The Morgan fingerprint density at radius 1 is 1.54 bits per heavy atom. The van der Waals surface area contributed by atoms with Crippen molar-refractivity contribution in [2.75, 3.05) is 32.8 Å². The highest BCUT2D eigenvalue weighted by molar-refractivity contribution is 5.74. The first kappa shape index (κ1) is 10.3. The first-order valence-electron chi connectivity index (χ1n) is 4.80. The average Bonchev–Trinajstić information content (AvgIpc) is 2.15. The van der Waals surface area contributed by atoms with E-state index in [1.54, 1.807) is 4.90 Å². The van der Waals surface area contributed by atoms with E-state index in [2.05, 4.69) is 19.2 Å². The van der Waals surface area contributed by atoms with Crippen LogP contribution in [0.1, 0.15) is 15.3 Å². The molecule has 1 aliphatic rings. The van der Waals surface area contributed by atoms with Crippen molar-refractivity contribution < 1.29 is 11.0 Å². The van der Waals surface area contributed by atoms with Gasteiger partial charge in [0.25, 0.3) is 0 Å². The Hall–Kier alpha value is -0.770. The van der Waals surface area contributed by atoms with Gasteiger partial charge in [0.1, 0.15) is 0 Å². The maximum Gasteiger partial charge on any atom is 1.00 e. The first-order valence-corrected chi connectivity index (χ1v) is 4.80. The van der Waals surface area contributed by atoms with Crippen molar-refractivity contribution in [3.8, 4) is 0 Å². The lowest BCUT2D eigenvalue weighted by molar-refractivity contribution is 0.0531. The van der Waals surface area contributed by atoms with Crippen LogP contribution < -0.4 is 5.32 Å². The Kier molecular flexibility index (Phi) is 4.02. The molecule has 0 aliphatic carbocycles. The molecule has 0 aromatic carbocycles. The summed E-state index contributed by atoms with van der Waals surface area (Å²) in [4.78, 5) is 13.3. The molecular formula is C9H19N2O2+. The van der Waals surface area contributed by atoms with Crippen LogP contribution in [0, 0.1) is 5.92 Å². The highest BCUT2D eigenvalue weighted by Gasteiger charge is 2.15. The van der Waals surface area contributed by atoms with Crippen molar-refractivity contribution in [2.45, 2.75) is 13.8 Å². The molecule has 1 saturated heterocycles. The molecule has 1 fully saturated rings. The molecule has 76 valence electrons. The lowest BCUT2D eigenvalue weighted by Crippen LogP contribution is -2.46. The highest BCUT2D eigenvalue weighted by Crippen LogP contribution is 1.97. The second kappa shape index (κ2) is 5.07. The lowest BCUT2D eigenvalue weighted by Gasteiger charge is -2.27. The summed E-state index contributed by atoms with van der Waals surface area (Å²) in [5, 5.41) is 2.88. The summed E-state index contributed by atoms with van der Waals surface area (Å²) >= 11 is 0. The number of hydrogen-bond acceptors (Lipinski definition) is 2. The molecule has 0 unspecified atom stereocenters. The highest BCUT2D eigenvalue weighted by atomic mass is 16.5. The summed E-state index contributed by atoms with van der Waals surface area (Å²) in [5.74, 6) is 0.505. The maximum atomic E-state index is 11.5. The maximum absolute atomic E-state index is 11.5. The van der Waals surface area contributed by atoms with E-state index in [0.29, 0.717) is 32.2 Å². The third kappa shape index (κ3) is 3.63. The smallest absolute Gasteiger partial charge is 0.378 e. The lowest BCUT2D eigenvalue weighted by atomic mass is 10.2. The van der Waals surface area contributed by atoms with Gasteiger partial charge in [-0.05, 0) is 5.92 Å². The van der Waals surface area contributed by atoms with E-state index in [-0.39, 0.29) is 7.46 Å². The second-order valence-corrected chi connectivity index (χ2v) is 3.68. The zero-order chi connectivity index (χ0) is 9.68. The summed E-state index contributed by atoms with van der Waals surface area (Å²) in [7, 11) is 0. The van der Waals surface area contributed by atoms with E-state index in [1.165, 1.54) is 0 Å². The van der Waals surface area contributed by atoms with Crippen molar-refractivity contribution in [2.24, 2.45) is 5.92 Å². The van der Waals surface area contributed by atoms with Gasteiger partial charge in [-0.25, -0.2) is 4.79 Å². The van der Waals surface area contributed by atoms with Gasteiger partial charge in [0.05, 0.1) is 13.2 Å². The van der Waals surface area contributed by atoms with Gasteiger partial charge >= 0.3 is 7.46 Å². The monoisotopic (exact) mass is 187 g/mol. The zero-order valence-electron chi connectivity index (χ0n) is 9.38. The van der Waals surface area contributed by atoms with Crippen molar-refractivity contribution in [3.05, 3.63) is 0 Å². The molecule has 0 bridgehead atoms. The fraction of sp³-hybridized carbons (Fsp3) is 0.889. The van der Waals surface area contributed by atoms with E-state index in [4.69, 9.17) is 4.74 Å². The fourth-order valence-electron chi connectivity index (χ4n) is 1.17. The molecule has 1 aliphatic heterocycles. The van der Waals surface area contributed by atoms with Gasteiger partial charge in [-0.3, -0.25) is 0 Å². The number of ether oxygens (including phenoxy) is 1. The van der Waals surface area contributed by atoms with E-state index >= 15 is 0 Å². The molecule has 1 rings (SSSR count). The van der Waals surface area contributed by atoms with Crippen LogP contribution in [0.5, 0.6) is 0 Å². The molecule has 0 atom stereocenters. The van der Waals surface area contributed by atoms with E-state index in [0.717, 1.165) is 6.54 Å². The number of rotatable bonds is 2. The molecule has 2 amide bonds. The van der Waals surface area contributed by atoms with Gasteiger partial charge in [-0.1, -0.05) is 13.8 Å². The largest absolute Gasteiger partial charge is 1.00 e. The third-order valence-electron chi connectivity index (χ3n) is 1.96. The van der Waals surface area contributed by atoms with Crippen molar-refractivity contribution in [3.63, 3.8) is 0 Å². The standard InChI is InChI=1S/C9H18N2O2/c1-8(2)7-10-9(12)11-3-5-13-6-4-11/h8H,3-7H2,1-2H3,(H,10,12)/p+1. The molecule has 0 radical (unpaired) electrons. The number of hydrogen-bond donors (Lipinski definition) is 1. The van der Waals surface area contributed by atoms with Crippen LogP contribution in [0.15, 0.2) is 0 Å². The minimum atomic E-state index is 0. The molecule has 1 heterocycles. The van der Waals surface area contributed by atoms with Crippen molar-refractivity contribution >= 4 is 6.03 Å². The first-order chi connectivity index (χ1) is 6.20. The predicted octanol–water partition coefficient (Wildman–Crippen LogP) is 0.797.